The van der Waals surface area contributed by atoms with Crippen molar-refractivity contribution in [3.63, 3.8) is 0 Å². The molecule has 0 saturated carbocycles. The van der Waals surface area contributed by atoms with Crippen LogP contribution in [-0.2, 0) is 0 Å². The Labute approximate surface area is 134 Å². The van der Waals surface area contributed by atoms with Gasteiger partial charge in [-0.15, -0.1) is 0 Å². The standard InChI is InChI=1S/C16H18N4O3/c1-10(12-6-7-18-9-14(12)23-3)20-15(21)11-4-5-13(19-8-11)16(22)17-2/h4-10H,1-3H3,(H,17,22)(H,20,21). The van der Waals surface area contributed by atoms with Crippen molar-refractivity contribution in [1.29, 1.82) is 0 Å². The molecule has 0 aliphatic rings. The number of methoxy groups -OCH3 is 1. The van der Waals surface area contributed by atoms with Crippen molar-refractivity contribution >= 4 is 11.8 Å². The maximum absolute atomic E-state index is 12.3. The van der Waals surface area contributed by atoms with Crippen LogP contribution >= 0.6 is 0 Å². The van der Waals surface area contributed by atoms with Gasteiger partial charge in [0.25, 0.3) is 11.8 Å². The molecule has 2 aromatic rings. The van der Waals surface area contributed by atoms with E-state index in [2.05, 4.69) is 20.6 Å². The van der Waals surface area contributed by atoms with Crippen molar-refractivity contribution in [1.82, 2.24) is 20.6 Å². The van der Waals surface area contributed by atoms with Crippen LogP contribution in [0.5, 0.6) is 5.75 Å². The Morgan fingerprint density at radius 2 is 1.96 bits per heavy atom. The first kappa shape index (κ1) is 16.4. The Hall–Kier alpha value is -2.96. The second kappa shape index (κ2) is 7.35. The van der Waals surface area contributed by atoms with E-state index in [1.165, 1.54) is 19.3 Å². The summed E-state index contributed by atoms with van der Waals surface area (Å²) in [6.45, 7) is 1.85. The smallest absolute Gasteiger partial charge is 0.269 e. The van der Waals surface area contributed by atoms with Crippen LogP contribution in [0.3, 0.4) is 0 Å². The molecule has 0 radical (unpaired) electrons. The van der Waals surface area contributed by atoms with E-state index in [1.807, 2.05) is 6.92 Å². The Balaban J connectivity index is 2.10. The number of aromatic nitrogens is 2. The summed E-state index contributed by atoms with van der Waals surface area (Å²) in [5.41, 5.74) is 1.45. The minimum Gasteiger partial charge on any atom is -0.495 e. The third-order valence-corrected chi connectivity index (χ3v) is 3.34. The van der Waals surface area contributed by atoms with Crippen LogP contribution < -0.4 is 15.4 Å². The summed E-state index contributed by atoms with van der Waals surface area (Å²) >= 11 is 0. The van der Waals surface area contributed by atoms with Crippen molar-refractivity contribution < 1.29 is 14.3 Å². The van der Waals surface area contributed by atoms with Gasteiger partial charge in [-0.3, -0.25) is 19.6 Å². The molecule has 2 N–H and O–H groups in total. The second-order valence-corrected chi connectivity index (χ2v) is 4.82. The van der Waals surface area contributed by atoms with Crippen LogP contribution in [0.4, 0.5) is 0 Å². The van der Waals surface area contributed by atoms with Crippen molar-refractivity contribution in [2.45, 2.75) is 13.0 Å². The predicted molar refractivity (Wildman–Crippen MR) is 84.3 cm³/mol. The fourth-order valence-electron chi connectivity index (χ4n) is 2.07. The Bertz CT molecular complexity index is 701. The van der Waals surface area contributed by atoms with E-state index in [-0.39, 0.29) is 23.6 Å². The van der Waals surface area contributed by atoms with Gasteiger partial charge in [0.1, 0.15) is 11.4 Å². The van der Waals surface area contributed by atoms with Crippen LogP contribution in [0, 0.1) is 0 Å². The molecule has 23 heavy (non-hydrogen) atoms. The molecule has 1 atom stereocenters. The highest BCUT2D eigenvalue weighted by Gasteiger charge is 2.16. The van der Waals surface area contributed by atoms with Gasteiger partial charge in [0.05, 0.1) is 24.9 Å². The number of carbonyl (C=O) groups is 2. The first-order valence-electron chi connectivity index (χ1n) is 7.03. The monoisotopic (exact) mass is 314 g/mol. The largest absolute Gasteiger partial charge is 0.495 e. The fourth-order valence-corrected chi connectivity index (χ4v) is 2.07. The topological polar surface area (TPSA) is 93.2 Å². The third kappa shape index (κ3) is 3.82. The van der Waals surface area contributed by atoms with Gasteiger partial charge in [0.15, 0.2) is 0 Å². The molecule has 0 bridgehead atoms. The summed E-state index contributed by atoms with van der Waals surface area (Å²) in [4.78, 5) is 31.7. The molecule has 120 valence electrons. The van der Waals surface area contributed by atoms with Gasteiger partial charge >= 0.3 is 0 Å². The summed E-state index contributed by atoms with van der Waals surface area (Å²) in [5.74, 6) is 0.0209. The van der Waals surface area contributed by atoms with Gasteiger partial charge in [-0.1, -0.05) is 0 Å². The molecule has 0 fully saturated rings. The molecule has 2 aromatic heterocycles. The number of rotatable bonds is 5. The molecule has 7 heteroatoms. The summed E-state index contributed by atoms with van der Waals surface area (Å²) < 4.78 is 5.24. The number of ether oxygens (including phenoxy) is 1. The third-order valence-electron chi connectivity index (χ3n) is 3.34. The SMILES string of the molecule is CNC(=O)c1ccc(C(=O)NC(C)c2ccncc2OC)cn1. The fraction of sp³-hybridized carbons (Fsp3) is 0.250. The van der Waals surface area contributed by atoms with Gasteiger partial charge in [-0.2, -0.15) is 0 Å². The predicted octanol–water partition coefficient (Wildman–Crippen LogP) is 1.34. The normalized spacial score (nSPS) is 11.4. The average Bonchev–Trinajstić information content (AvgIpc) is 2.60. The minimum absolute atomic E-state index is 0.257. The van der Waals surface area contributed by atoms with Crippen molar-refractivity contribution in [2.75, 3.05) is 14.2 Å². The number of hydrogen-bond donors (Lipinski definition) is 2. The zero-order valence-electron chi connectivity index (χ0n) is 13.2. The van der Waals surface area contributed by atoms with Crippen LogP contribution in [0.2, 0.25) is 0 Å². The molecule has 0 aliphatic heterocycles. The second-order valence-electron chi connectivity index (χ2n) is 4.82. The van der Waals surface area contributed by atoms with Crippen molar-refractivity contribution in [3.8, 4) is 5.75 Å². The number of nitrogens with zero attached hydrogens (tertiary/aromatic N) is 2. The van der Waals surface area contributed by atoms with Gasteiger partial charge in [-0.25, -0.2) is 0 Å². The van der Waals surface area contributed by atoms with Crippen LogP contribution in [-0.4, -0.2) is 35.9 Å². The lowest BCUT2D eigenvalue weighted by Gasteiger charge is -2.16. The van der Waals surface area contributed by atoms with E-state index < -0.39 is 0 Å². The first-order valence-corrected chi connectivity index (χ1v) is 7.03. The minimum atomic E-state index is -0.299. The molecule has 0 aromatic carbocycles. The number of pyridine rings is 2. The van der Waals surface area contributed by atoms with E-state index in [9.17, 15) is 9.59 Å². The lowest BCUT2D eigenvalue weighted by Crippen LogP contribution is -2.27. The van der Waals surface area contributed by atoms with E-state index in [4.69, 9.17) is 4.74 Å². The number of hydrogen-bond acceptors (Lipinski definition) is 5. The van der Waals surface area contributed by atoms with E-state index in [1.54, 1.807) is 31.6 Å². The van der Waals surface area contributed by atoms with Crippen molar-refractivity contribution in [3.05, 3.63) is 53.6 Å². The first-order chi connectivity index (χ1) is 11.1. The Kier molecular flexibility index (Phi) is 5.24. The molecule has 2 amide bonds. The molecule has 1 unspecified atom stereocenters. The van der Waals surface area contributed by atoms with Gasteiger partial charge in [0.2, 0.25) is 0 Å². The highest BCUT2D eigenvalue weighted by Crippen LogP contribution is 2.23. The Morgan fingerprint density at radius 1 is 1.17 bits per heavy atom. The van der Waals surface area contributed by atoms with Crippen LogP contribution in [0.1, 0.15) is 39.4 Å². The molecule has 0 saturated heterocycles. The summed E-state index contributed by atoms with van der Waals surface area (Å²) in [6.07, 6.45) is 4.61. The van der Waals surface area contributed by atoms with Crippen molar-refractivity contribution in [2.24, 2.45) is 0 Å². The number of amides is 2. The van der Waals surface area contributed by atoms with Gasteiger partial charge < -0.3 is 15.4 Å². The number of carbonyl (C=O) groups excluding carboxylic acids is 2. The Morgan fingerprint density at radius 3 is 2.57 bits per heavy atom. The highest BCUT2D eigenvalue weighted by molar-refractivity contribution is 5.96. The number of nitrogens with one attached hydrogen (secondary N) is 2. The molecule has 7 nitrogen and oxygen atoms in total. The van der Waals surface area contributed by atoms with E-state index >= 15 is 0 Å². The molecule has 2 rings (SSSR count). The quantitative estimate of drug-likeness (QED) is 0.868. The van der Waals surface area contributed by atoms with Crippen LogP contribution in [0.15, 0.2) is 36.8 Å². The lowest BCUT2D eigenvalue weighted by atomic mass is 10.1. The zero-order valence-corrected chi connectivity index (χ0v) is 13.2. The zero-order chi connectivity index (χ0) is 16.8. The van der Waals surface area contributed by atoms with Gasteiger partial charge in [0, 0.05) is 25.0 Å². The van der Waals surface area contributed by atoms with Gasteiger partial charge in [-0.05, 0) is 25.1 Å². The molecule has 0 aliphatic carbocycles. The average molecular weight is 314 g/mol. The summed E-state index contributed by atoms with van der Waals surface area (Å²) in [6, 6.07) is 4.59. The van der Waals surface area contributed by atoms with E-state index in [0.717, 1.165) is 5.56 Å². The summed E-state index contributed by atoms with van der Waals surface area (Å²) in [7, 11) is 3.07. The van der Waals surface area contributed by atoms with E-state index in [0.29, 0.717) is 11.3 Å². The highest BCUT2D eigenvalue weighted by atomic mass is 16.5. The summed E-state index contributed by atoms with van der Waals surface area (Å²) in [5, 5.41) is 5.34. The molecule has 0 spiro atoms. The molecule has 2 heterocycles. The lowest BCUT2D eigenvalue weighted by molar-refractivity contribution is 0.0932. The molecular formula is C16H18N4O3. The van der Waals surface area contributed by atoms with Crippen LogP contribution in [0.25, 0.3) is 0 Å². The maximum atomic E-state index is 12.3. The maximum Gasteiger partial charge on any atom is 0.269 e. The molecular weight excluding hydrogens is 296 g/mol.